The van der Waals surface area contributed by atoms with E-state index in [1.165, 1.54) is 10.5 Å². The minimum Gasteiger partial charge on any atom is -0.497 e. The van der Waals surface area contributed by atoms with Crippen LogP contribution in [0.2, 0.25) is 0 Å². The number of rotatable bonds is 6. The predicted molar refractivity (Wildman–Crippen MR) is 131 cm³/mol. The fourth-order valence-corrected chi connectivity index (χ4v) is 3.88. The first-order chi connectivity index (χ1) is 15.8. The molecule has 1 heterocycles. The lowest BCUT2D eigenvalue weighted by molar-refractivity contribution is -0.137. The van der Waals surface area contributed by atoms with Crippen molar-refractivity contribution in [2.75, 3.05) is 12.4 Å². The molecule has 168 valence electrons. The summed E-state index contributed by atoms with van der Waals surface area (Å²) in [4.78, 5) is 28.3. The molecule has 4 rings (SSSR count). The van der Waals surface area contributed by atoms with Crippen molar-refractivity contribution >= 4 is 23.1 Å². The van der Waals surface area contributed by atoms with Gasteiger partial charge in [-0.1, -0.05) is 36.4 Å². The number of nitrogens with zero attached hydrogens (tertiary/aromatic N) is 1. The fraction of sp³-hybridized carbons (Fsp3) is 0.214. The molecule has 0 radical (unpaired) electrons. The minimum atomic E-state index is -0.331. The summed E-state index contributed by atoms with van der Waals surface area (Å²) in [5.41, 5.74) is 7.55. The average molecular weight is 441 g/mol. The molecular formula is C28H28N2O3. The number of hydrogen-bond acceptors (Lipinski definition) is 4. The fourth-order valence-electron chi connectivity index (χ4n) is 3.88. The second-order valence-electron chi connectivity index (χ2n) is 8.52. The van der Waals surface area contributed by atoms with Crippen molar-refractivity contribution in [3.63, 3.8) is 0 Å². The molecule has 0 aromatic heterocycles. The van der Waals surface area contributed by atoms with Gasteiger partial charge in [-0.15, -0.1) is 0 Å². The molecule has 1 N–H and O–H groups in total. The van der Waals surface area contributed by atoms with Crippen LogP contribution in [0.4, 0.5) is 5.69 Å². The van der Waals surface area contributed by atoms with Crippen molar-refractivity contribution in [1.29, 1.82) is 0 Å². The van der Waals surface area contributed by atoms with Crippen LogP contribution in [-0.4, -0.2) is 23.8 Å². The van der Waals surface area contributed by atoms with Crippen LogP contribution in [-0.2, 0) is 16.1 Å². The van der Waals surface area contributed by atoms with Crippen molar-refractivity contribution in [3.05, 3.63) is 99.7 Å². The Morgan fingerprint density at radius 3 is 2.00 bits per heavy atom. The number of amides is 2. The number of benzene rings is 3. The van der Waals surface area contributed by atoms with Crippen LogP contribution in [0.5, 0.6) is 5.75 Å². The lowest BCUT2D eigenvalue weighted by Crippen LogP contribution is -2.32. The number of aryl methyl sites for hydroxylation is 4. The Labute approximate surface area is 194 Å². The van der Waals surface area contributed by atoms with Crippen molar-refractivity contribution in [2.24, 2.45) is 0 Å². The highest BCUT2D eigenvalue weighted by Crippen LogP contribution is 2.33. The van der Waals surface area contributed by atoms with E-state index in [1.807, 2.05) is 88.4 Å². The van der Waals surface area contributed by atoms with E-state index in [1.54, 1.807) is 7.11 Å². The number of nitrogens with one attached hydrogen (secondary N) is 1. The van der Waals surface area contributed by atoms with Gasteiger partial charge in [-0.25, -0.2) is 0 Å². The molecule has 2 amide bonds. The third-order valence-corrected chi connectivity index (χ3v) is 6.24. The van der Waals surface area contributed by atoms with Gasteiger partial charge in [0.1, 0.15) is 11.4 Å². The summed E-state index contributed by atoms with van der Waals surface area (Å²) in [5, 5.41) is 3.25. The number of imide groups is 1. The summed E-state index contributed by atoms with van der Waals surface area (Å²) in [6, 6.07) is 19.2. The lowest BCUT2D eigenvalue weighted by atomic mass is 9.99. The smallest absolute Gasteiger partial charge is 0.278 e. The van der Waals surface area contributed by atoms with Crippen LogP contribution in [0.15, 0.2) is 66.4 Å². The summed E-state index contributed by atoms with van der Waals surface area (Å²) in [5.74, 6) is 0.0940. The molecule has 0 bridgehead atoms. The van der Waals surface area contributed by atoms with Gasteiger partial charge in [0.2, 0.25) is 0 Å². The molecular weight excluding hydrogens is 412 g/mol. The molecule has 1 aliphatic heterocycles. The molecule has 1 aliphatic rings. The highest BCUT2D eigenvalue weighted by atomic mass is 16.5. The SMILES string of the molecule is COc1ccc(CN2C(=O)C(Nc3ccc(C)c(C)c3)=C(c3ccc(C)c(C)c3)C2=O)cc1. The topological polar surface area (TPSA) is 58.6 Å². The van der Waals surface area contributed by atoms with Gasteiger partial charge < -0.3 is 10.1 Å². The summed E-state index contributed by atoms with van der Waals surface area (Å²) < 4.78 is 5.21. The zero-order chi connectivity index (χ0) is 23.7. The molecule has 3 aromatic rings. The molecule has 0 spiro atoms. The summed E-state index contributed by atoms with van der Waals surface area (Å²) in [6.45, 7) is 8.29. The van der Waals surface area contributed by atoms with E-state index in [2.05, 4.69) is 5.32 Å². The third-order valence-electron chi connectivity index (χ3n) is 6.24. The molecule has 0 saturated carbocycles. The Kier molecular flexibility index (Phi) is 6.05. The lowest BCUT2D eigenvalue weighted by Gasteiger charge is -2.16. The molecule has 0 unspecified atom stereocenters. The number of ether oxygens (including phenoxy) is 1. The molecule has 5 heteroatoms. The largest absolute Gasteiger partial charge is 0.497 e. The predicted octanol–water partition coefficient (Wildman–Crippen LogP) is 5.32. The standard InChI is InChI=1S/C28H28N2O3/c1-17-6-10-22(14-19(17)3)25-26(29-23-11-7-18(2)20(4)15-23)28(32)30(27(25)31)16-21-8-12-24(33-5)13-9-21/h6-15,29H,16H2,1-5H3. The van der Waals surface area contributed by atoms with E-state index in [4.69, 9.17) is 4.74 Å². The Morgan fingerprint density at radius 1 is 0.758 bits per heavy atom. The van der Waals surface area contributed by atoms with Crippen molar-refractivity contribution in [2.45, 2.75) is 34.2 Å². The second-order valence-corrected chi connectivity index (χ2v) is 8.52. The first-order valence-corrected chi connectivity index (χ1v) is 10.9. The first-order valence-electron chi connectivity index (χ1n) is 10.9. The number of methoxy groups -OCH3 is 1. The number of anilines is 1. The van der Waals surface area contributed by atoms with Crippen molar-refractivity contribution in [3.8, 4) is 5.75 Å². The van der Waals surface area contributed by atoms with Crippen LogP contribution >= 0.6 is 0 Å². The van der Waals surface area contributed by atoms with Crippen LogP contribution in [0.3, 0.4) is 0 Å². The average Bonchev–Trinajstić information content (AvgIpc) is 3.03. The summed E-state index contributed by atoms with van der Waals surface area (Å²) in [6.07, 6.45) is 0. The van der Waals surface area contributed by atoms with E-state index in [0.29, 0.717) is 11.3 Å². The molecule has 0 saturated heterocycles. The maximum absolute atomic E-state index is 13.5. The van der Waals surface area contributed by atoms with E-state index >= 15 is 0 Å². The highest BCUT2D eigenvalue weighted by Gasteiger charge is 2.39. The monoisotopic (exact) mass is 440 g/mol. The Morgan fingerprint density at radius 2 is 1.39 bits per heavy atom. The highest BCUT2D eigenvalue weighted by molar-refractivity contribution is 6.36. The first kappa shape index (κ1) is 22.3. The zero-order valence-corrected chi connectivity index (χ0v) is 19.7. The zero-order valence-electron chi connectivity index (χ0n) is 19.7. The van der Waals surface area contributed by atoms with E-state index < -0.39 is 0 Å². The number of hydrogen-bond donors (Lipinski definition) is 1. The van der Waals surface area contributed by atoms with Crippen LogP contribution in [0, 0.1) is 27.7 Å². The second kappa shape index (κ2) is 8.94. The minimum absolute atomic E-state index is 0.189. The maximum Gasteiger partial charge on any atom is 0.278 e. The van der Waals surface area contributed by atoms with Crippen LogP contribution < -0.4 is 10.1 Å². The van der Waals surface area contributed by atoms with Crippen LogP contribution in [0.1, 0.15) is 33.4 Å². The van der Waals surface area contributed by atoms with Gasteiger partial charge in [-0.05, 0) is 85.3 Å². The maximum atomic E-state index is 13.5. The Bertz CT molecular complexity index is 1270. The molecule has 0 fully saturated rings. The number of carbonyl (C=O) groups excluding carboxylic acids is 2. The molecule has 0 atom stereocenters. The van der Waals surface area contributed by atoms with Crippen LogP contribution in [0.25, 0.3) is 5.57 Å². The van der Waals surface area contributed by atoms with Gasteiger partial charge in [0.15, 0.2) is 0 Å². The van der Waals surface area contributed by atoms with Gasteiger partial charge >= 0.3 is 0 Å². The van der Waals surface area contributed by atoms with E-state index in [0.717, 1.165) is 39.3 Å². The van der Waals surface area contributed by atoms with Crippen molar-refractivity contribution in [1.82, 2.24) is 4.90 Å². The van der Waals surface area contributed by atoms with Gasteiger partial charge in [0.25, 0.3) is 11.8 Å². The van der Waals surface area contributed by atoms with E-state index in [-0.39, 0.29) is 18.4 Å². The third kappa shape index (κ3) is 4.40. The molecule has 0 aliphatic carbocycles. The van der Waals surface area contributed by atoms with Gasteiger partial charge in [-0.3, -0.25) is 14.5 Å². The Balaban J connectivity index is 1.74. The van der Waals surface area contributed by atoms with Gasteiger partial charge in [0, 0.05) is 5.69 Å². The van der Waals surface area contributed by atoms with Crippen molar-refractivity contribution < 1.29 is 14.3 Å². The van der Waals surface area contributed by atoms with Gasteiger partial charge in [-0.2, -0.15) is 0 Å². The quantitative estimate of drug-likeness (QED) is 0.527. The summed E-state index contributed by atoms with van der Waals surface area (Å²) >= 11 is 0. The van der Waals surface area contributed by atoms with E-state index in [9.17, 15) is 9.59 Å². The van der Waals surface area contributed by atoms with Gasteiger partial charge in [0.05, 0.1) is 19.2 Å². The normalized spacial score (nSPS) is 13.7. The Hall–Kier alpha value is -3.86. The molecule has 3 aromatic carbocycles. The summed E-state index contributed by atoms with van der Waals surface area (Å²) in [7, 11) is 1.60. The molecule has 33 heavy (non-hydrogen) atoms. The molecule has 5 nitrogen and oxygen atoms in total. The number of carbonyl (C=O) groups is 2.